The quantitative estimate of drug-likeness (QED) is 0.151. The molecule has 0 unspecified atom stereocenters. The van der Waals surface area contributed by atoms with E-state index in [9.17, 15) is 9.59 Å². The summed E-state index contributed by atoms with van der Waals surface area (Å²) >= 11 is 0. The number of nitrogens with one attached hydrogen (secondary N) is 2. The monoisotopic (exact) mass is 570 g/mol. The summed E-state index contributed by atoms with van der Waals surface area (Å²) in [6.07, 6.45) is 9.67. The van der Waals surface area contributed by atoms with Crippen molar-refractivity contribution in [3.8, 4) is 0 Å². The van der Waals surface area contributed by atoms with Gasteiger partial charge in [0.15, 0.2) is 0 Å². The maximum atomic E-state index is 13.2. The summed E-state index contributed by atoms with van der Waals surface area (Å²) in [4.78, 5) is 26.2. The molecule has 2 amide bonds. The molecule has 0 aromatic heterocycles. The molecule has 3 aromatic rings. The molecule has 42 heavy (non-hydrogen) atoms. The molecular weight excluding hydrogens is 518 g/mol. The van der Waals surface area contributed by atoms with Gasteiger partial charge in [-0.25, -0.2) is 0 Å². The largest absolute Gasteiger partial charge is 0.331 e. The van der Waals surface area contributed by atoms with Crippen LogP contribution in [0.4, 0.5) is 11.4 Å². The number of unbranched alkanes of at least 4 members (excludes halogenated alkanes) is 5. The molecular formula is C37H52N3O2+. The highest BCUT2D eigenvalue weighted by molar-refractivity contribution is 6.07. The highest BCUT2D eigenvalue weighted by Crippen LogP contribution is 2.35. The average molecular weight is 571 g/mol. The van der Waals surface area contributed by atoms with Gasteiger partial charge in [-0.2, -0.15) is 0 Å². The minimum atomic E-state index is -0.130. The zero-order valence-electron chi connectivity index (χ0n) is 27.2. The molecule has 0 fully saturated rings. The van der Waals surface area contributed by atoms with Crippen molar-refractivity contribution in [1.82, 2.24) is 0 Å². The molecule has 0 aliphatic carbocycles. The molecule has 3 aromatic carbocycles. The average Bonchev–Trinajstić information content (AvgIpc) is 2.97. The van der Waals surface area contributed by atoms with Crippen LogP contribution in [-0.4, -0.2) is 44.0 Å². The highest BCUT2D eigenvalue weighted by Gasteiger charge is 2.19. The first-order valence-electron chi connectivity index (χ1n) is 15.6. The lowest BCUT2D eigenvalue weighted by Crippen LogP contribution is -2.35. The number of carbonyl (C=O) groups is 2. The van der Waals surface area contributed by atoms with Gasteiger partial charge in [0.05, 0.1) is 27.7 Å². The Labute approximate surface area is 254 Å². The Kier molecular flexibility index (Phi) is 11.9. The maximum Gasteiger partial charge on any atom is 0.255 e. The molecule has 0 aliphatic rings. The molecule has 0 spiro atoms. The van der Waals surface area contributed by atoms with E-state index in [-0.39, 0.29) is 11.8 Å². The smallest absolute Gasteiger partial charge is 0.255 e. The maximum absolute atomic E-state index is 13.2. The molecule has 226 valence electrons. The second-order valence-electron chi connectivity index (χ2n) is 12.8. The minimum absolute atomic E-state index is 0.117. The van der Waals surface area contributed by atoms with Crippen molar-refractivity contribution in [3.63, 3.8) is 0 Å². The van der Waals surface area contributed by atoms with Gasteiger partial charge in [0.25, 0.3) is 11.8 Å². The summed E-state index contributed by atoms with van der Waals surface area (Å²) in [5.41, 5.74) is 9.20. The molecule has 0 aliphatic heterocycles. The Morgan fingerprint density at radius 2 is 0.952 bits per heavy atom. The molecule has 5 heteroatoms. The van der Waals surface area contributed by atoms with Gasteiger partial charge in [0, 0.05) is 22.5 Å². The van der Waals surface area contributed by atoms with Crippen molar-refractivity contribution >= 4 is 23.2 Å². The Morgan fingerprint density at radius 3 is 1.36 bits per heavy atom. The van der Waals surface area contributed by atoms with Gasteiger partial charge in [0.2, 0.25) is 0 Å². The number of carbonyl (C=O) groups excluding carboxylic acids is 2. The fourth-order valence-electron chi connectivity index (χ4n) is 5.40. The van der Waals surface area contributed by atoms with Crippen LogP contribution in [0.5, 0.6) is 0 Å². The zero-order chi connectivity index (χ0) is 30.9. The number of rotatable bonds is 14. The Bertz CT molecular complexity index is 1320. The first-order chi connectivity index (χ1) is 19.9. The molecule has 0 saturated carbocycles. The molecule has 0 saturated heterocycles. The summed E-state index contributed by atoms with van der Waals surface area (Å²) in [6.45, 7) is 11.3. The SMILES string of the molecule is CCc1ccc(C(=O)Nc2c(C)c(C)c(NC(=O)c3ccc(CCCCCCCC[N+](C)(C)C)cc3)c(C)c2C)cc1. The molecule has 0 atom stereocenters. The Morgan fingerprint density at radius 1 is 0.571 bits per heavy atom. The van der Waals surface area contributed by atoms with E-state index in [2.05, 4.69) is 50.8 Å². The number of quaternary nitrogens is 1. The van der Waals surface area contributed by atoms with E-state index >= 15 is 0 Å². The first-order valence-corrected chi connectivity index (χ1v) is 15.6. The third-order valence-electron chi connectivity index (χ3n) is 8.49. The van der Waals surface area contributed by atoms with Crippen molar-refractivity contribution in [2.45, 2.75) is 86.0 Å². The summed E-state index contributed by atoms with van der Waals surface area (Å²) in [6, 6.07) is 15.7. The summed E-state index contributed by atoms with van der Waals surface area (Å²) in [5, 5.41) is 6.27. The number of hydrogen-bond donors (Lipinski definition) is 2. The summed E-state index contributed by atoms with van der Waals surface area (Å²) < 4.78 is 1.05. The van der Waals surface area contributed by atoms with E-state index in [0.29, 0.717) is 11.1 Å². The van der Waals surface area contributed by atoms with Crippen LogP contribution in [0.2, 0.25) is 0 Å². The molecule has 0 bridgehead atoms. The number of aryl methyl sites for hydroxylation is 2. The molecule has 2 N–H and O–H groups in total. The van der Waals surface area contributed by atoms with E-state index in [0.717, 1.165) is 51.0 Å². The van der Waals surface area contributed by atoms with E-state index in [4.69, 9.17) is 0 Å². The van der Waals surface area contributed by atoms with E-state index < -0.39 is 0 Å². The van der Waals surface area contributed by atoms with E-state index in [1.54, 1.807) is 0 Å². The minimum Gasteiger partial charge on any atom is -0.331 e. The number of anilines is 2. The van der Waals surface area contributed by atoms with Crippen LogP contribution in [0, 0.1) is 27.7 Å². The molecule has 3 rings (SSSR count). The third kappa shape index (κ3) is 9.29. The van der Waals surface area contributed by atoms with Crippen LogP contribution in [0.3, 0.4) is 0 Å². The first kappa shape index (κ1) is 33.1. The normalized spacial score (nSPS) is 11.4. The Hall–Kier alpha value is -3.44. The Balaban J connectivity index is 1.56. The predicted octanol–water partition coefficient (Wildman–Crippen LogP) is 8.58. The van der Waals surface area contributed by atoms with Gasteiger partial charge in [-0.05, 0) is 117 Å². The number of nitrogens with zero attached hydrogens (tertiary/aromatic N) is 1. The number of benzene rings is 3. The topological polar surface area (TPSA) is 58.2 Å². The van der Waals surface area contributed by atoms with Crippen LogP contribution >= 0.6 is 0 Å². The lowest BCUT2D eigenvalue weighted by molar-refractivity contribution is -0.870. The lowest BCUT2D eigenvalue weighted by Gasteiger charge is -2.23. The highest BCUT2D eigenvalue weighted by atomic mass is 16.2. The van der Waals surface area contributed by atoms with E-state index in [1.807, 2.05) is 64.1 Å². The van der Waals surface area contributed by atoms with Gasteiger partial charge < -0.3 is 15.1 Å². The van der Waals surface area contributed by atoms with Crippen molar-refractivity contribution in [3.05, 3.63) is 93.0 Å². The van der Waals surface area contributed by atoms with Crippen LogP contribution in [0.25, 0.3) is 0 Å². The van der Waals surface area contributed by atoms with Gasteiger partial charge in [-0.3, -0.25) is 9.59 Å². The fourth-order valence-corrected chi connectivity index (χ4v) is 5.40. The molecule has 0 heterocycles. The summed E-state index contributed by atoms with van der Waals surface area (Å²) in [5.74, 6) is -0.247. The number of amides is 2. The van der Waals surface area contributed by atoms with Crippen LogP contribution in [0.1, 0.15) is 99.5 Å². The van der Waals surface area contributed by atoms with Gasteiger partial charge in [-0.15, -0.1) is 0 Å². The zero-order valence-corrected chi connectivity index (χ0v) is 27.2. The molecule has 5 nitrogen and oxygen atoms in total. The predicted molar refractivity (Wildman–Crippen MR) is 178 cm³/mol. The van der Waals surface area contributed by atoms with Gasteiger partial charge in [-0.1, -0.05) is 50.5 Å². The van der Waals surface area contributed by atoms with Crippen molar-refractivity contribution in [2.24, 2.45) is 0 Å². The van der Waals surface area contributed by atoms with E-state index in [1.165, 1.54) is 56.2 Å². The van der Waals surface area contributed by atoms with Crippen molar-refractivity contribution in [2.75, 3.05) is 38.3 Å². The van der Waals surface area contributed by atoms with Crippen LogP contribution < -0.4 is 10.6 Å². The van der Waals surface area contributed by atoms with Crippen LogP contribution in [0.15, 0.2) is 48.5 Å². The number of hydrogen-bond acceptors (Lipinski definition) is 2. The third-order valence-corrected chi connectivity index (χ3v) is 8.49. The van der Waals surface area contributed by atoms with Crippen LogP contribution in [-0.2, 0) is 12.8 Å². The summed E-state index contributed by atoms with van der Waals surface area (Å²) in [7, 11) is 6.77. The lowest BCUT2D eigenvalue weighted by atomic mass is 9.95. The second kappa shape index (κ2) is 15.2. The second-order valence-corrected chi connectivity index (χ2v) is 12.8. The fraction of sp³-hybridized carbons (Fsp3) is 0.459. The van der Waals surface area contributed by atoms with Crippen molar-refractivity contribution < 1.29 is 14.1 Å². The van der Waals surface area contributed by atoms with Gasteiger partial charge >= 0.3 is 0 Å². The van der Waals surface area contributed by atoms with Crippen molar-refractivity contribution in [1.29, 1.82) is 0 Å². The molecule has 0 radical (unpaired) electrons. The van der Waals surface area contributed by atoms with Gasteiger partial charge in [0.1, 0.15) is 0 Å². The standard InChI is InChI=1S/C37H51N3O2/c1-9-30-17-21-32(22-18-30)36(41)38-34-26(2)28(4)35(29(5)27(34)3)39-37(42)33-23-19-31(20-24-33)16-14-12-10-11-13-15-25-40(6,7)8/h17-24H,9-16,25H2,1-8H3,(H-,38,39,41,42)/p+1.